The van der Waals surface area contributed by atoms with Gasteiger partial charge in [-0.25, -0.2) is 14.4 Å². The molecule has 0 aliphatic heterocycles. The van der Waals surface area contributed by atoms with Crippen molar-refractivity contribution < 1.29 is 14.0 Å². The zero-order valence-corrected chi connectivity index (χ0v) is 17.9. The number of hydrogen-bond acceptors (Lipinski definition) is 6. The molecule has 0 fully saturated rings. The largest absolute Gasteiger partial charge is 0.349 e. The highest BCUT2D eigenvalue weighted by Gasteiger charge is 2.11. The zero-order valence-electron chi connectivity index (χ0n) is 16.2. The Balaban J connectivity index is 1.22. The third-order valence-electron chi connectivity index (χ3n) is 4.22. The molecule has 0 radical (unpaired) electrons. The van der Waals surface area contributed by atoms with Gasteiger partial charge in [-0.3, -0.25) is 9.59 Å². The third kappa shape index (κ3) is 5.89. The second-order valence-electron chi connectivity index (χ2n) is 6.60. The molecule has 4 aromatic rings. The number of aromatic amines is 1. The first-order chi connectivity index (χ1) is 15.0. The first-order valence-corrected chi connectivity index (χ1v) is 11.2. The van der Waals surface area contributed by atoms with Crippen molar-refractivity contribution in [2.45, 2.75) is 17.3 Å². The second-order valence-corrected chi connectivity index (χ2v) is 8.68. The molecule has 0 aliphatic rings. The summed E-state index contributed by atoms with van der Waals surface area (Å²) >= 11 is 2.67. The van der Waals surface area contributed by atoms with Crippen LogP contribution in [0.5, 0.6) is 0 Å². The van der Waals surface area contributed by atoms with Crippen LogP contribution in [0.4, 0.5) is 10.1 Å². The number of para-hydroxylation sites is 2. The second kappa shape index (κ2) is 9.71. The molecular formula is C21H18FN5O2S2. The molecule has 0 spiro atoms. The van der Waals surface area contributed by atoms with Gasteiger partial charge < -0.3 is 15.6 Å². The van der Waals surface area contributed by atoms with Gasteiger partial charge in [-0.1, -0.05) is 23.9 Å². The van der Waals surface area contributed by atoms with Gasteiger partial charge >= 0.3 is 0 Å². The first kappa shape index (κ1) is 21.0. The maximum Gasteiger partial charge on any atom is 0.234 e. The number of aromatic nitrogens is 3. The number of anilines is 1. The lowest BCUT2D eigenvalue weighted by molar-refractivity contribution is -0.120. The van der Waals surface area contributed by atoms with E-state index in [1.54, 1.807) is 5.38 Å². The van der Waals surface area contributed by atoms with E-state index in [9.17, 15) is 14.0 Å². The van der Waals surface area contributed by atoms with E-state index in [0.717, 1.165) is 11.0 Å². The van der Waals surface area contributed by atoms with Gasteiger partial charge in [0.25, 0.3) is 0 Å². The minimum atomic E-state index is -0.357. The van der Waals surface area contributed by atoms with E-state index in [1.165, 1.54) is 47.4 Å². The quantitative estimate of drug-likeness (QED) is 0.352. The summed E-state index contributed by atoms with van der Waals surface area (Å²) in [5.41, 5.74) is 2.97. The van der Waals surface area contributed by atoms with Gasteiger partial charge in [-0.2, -0.15) is 0 Å². The van der Waals surface area contributed by atoms with Gasteiger partial charge in [0.15, 0.2) is 4.34 Å². The Morgan fingerprint density at radius 1 is 1.06 bits per heavy atom. The molecule has 0 atom stereocenters. The van der Waals surface area contributed by atoms with Crippen LogP contribution in [0.25, 0.3) is 11.0 Å². The van der Waals surface area contributed by atoms with Crippen LogP contribution in [0, 0.1) is 5.82 Å². The third-order valence-corrected chi connectivity index (χ3v) is 6.29. The monoisotopic (exact) mass is 455 g/mol. The SMILES string of the molecule is O=C(Cc1csc(SCC(=O)Nc2ccc(F)cc2)n1)NCc1nc2ccccc2[nH]1. The molecule has 0 saturated heterocycles. The molecule has 31 heavy (non-hydrogen) atoms. The number of nitrogens with one attached hydrogen (secondary N) is 3. The number of hydrogen-bond donors (Lipinski definition) is 3. The van der Waals surface area contributed by atoms with Crippen LogP contribution in [0.15, 0.2) is 58.3 Å². The molecule has 7 nitrogen and oxygen atoms in total. The number of carbonyl (C=O) groups is 2. The molecular weight excluding hydrogens is 437 g/mol. The van der Waals surface area contributed by atoms with Crippen molar-refractivity contribution >= 4 is 51.6 Å². The van der Waals surface area contributed by atoms with E-state index in [1.807, 2.05) is 24.3 Å². The molecule has 2 aromatic heterocycles. The van der Waals surface area contributed by atoms with Crippen LogP contribution < -0.4 is 10.6 Å². The molecule has 10 heteroatoms. The lowest BCUT2D eigenvalue weighted by Gasteiger charge is -2.03. The minimum Gasteiger partial charge on any atom is -0.349 e. The maximum atomic E-state index is 12.9. The van der Waals surface area contributed by atoms with Crippen LogP contribution >= 0.6 is 23.1 Å². The highest BCUT2D eigenvalue weighted by molar-refractivity contribution is 8.01. The first-order valence-electron chi connectivity index (χ1n) is 9.38. The maximum absolute atomic E-state index is 12.9. The van der Waals surface area contributed by atoms with Crippen molar-refractivity contribution in [2.24, 2.45) is 0 Å². The van der Waals surface area contributed by atoms with Crippen LogP contribution in [-0.4, -0.2) is 32.5 Å². The Morgan fingerprint density at radius 2 is 1.87 bits per heavy atom. The number of benzene rings is 2. The van der Waals surface area contributed by atoms with Crippen LogP contribution in [-0.2, 0) is 22.6 Å². The molecule has 0 bridgehead atoms. The lowest BCUT2D eigenvalue weighted by Crippen LogP contribution is -2.25. The molecule has 0 aliphatic carbocycles. The number of fused-ring (bicyclic) bond motifs is 1. The molecule has 2 heterocycles. The smallest absolute Gasteiger partial charge is 0.234 e. The van der Waals surface area contributed by atoms with Gasteiger partial charge in [0.1, 0.15) is 11.6 Å². The van der Waals surface area contributed by atoms with Crippen molar-refractivity contribution in [3.63, 3.8) is 0 Å². The highest BCUT2D eigenvalue weighted by atomic mass is 32.2. The van der Waals surface area contributed by atoms with E-state index in [4.69, 9.17) is 0 Å². The van der Waals surface area contributed by atoms with Crippen LogP contribution in [0.2, 0.25) is 0 Å². The van der Waals surface area contributed by atoms with Crippen molar-refractivity contribution in [3.8, 4) is 0 Å². The number of thioether (sulfide) groups is 1. The van der Waals surface area contributed by atoms with E-state index >= 15 is 0 Å². The van der Waals surface area contributed by atoms with E-state index in [0.29, 0.717) is 28.1 Å². The summed E-state index contributed by atoms with van der Waals surface area (Å²) in [6, 6.07) is 13.3. The number of rotatable bonds is 8. The number of halogens is 1. The van der Waals surface area contributed by atoms with Crippen molar-refractivity contribution in [1.82, 2.24) is 20.3 Å². The summed E-state index contributed by atoms with van der Waals surface area (Å²) < 4.78 is 13.6. The van der Waals surface area contributed by atoms with Gasteiger partial charge in [0.05, 0.1) is 35.4 Å². The Morgan fingerprint density at radius 3 is 2.68 bits per heavy atom. The van der Waals surface area contributed by atoms with Crippen molar-refractivity contribution in [2.75, 3.05) is 11.1 Å². The molecule has 4 rings (SSSR count). The zero-order chi connectivity index (χ0) is 21.6. The number of amides is 2. The Bertz CT molecular complexity index is 1170. The van der Waals surface area contributed by atoms with E-state index in [2.05, 4.69) is 25.6 Å². The van der Waals surface area contributed by atoms with Crippen LogP contribution in [0.3, 0.4) is 0 Å². The Labute approximate surface area is 185 Å². The van der Waals surface area contributed by atoms with Gasteiger partial charge in [-0.15, -0.1) is 11.3 Å². The van der Waals surface area contributed by atoms with Gasteiger partial charge in [0.2, 0.25) is 11.8 Å². The van der Waals surface area contributed by atoms with E-state index in [-0.39, 0.29) is 29.8 Å². The fraction of sp³-hybridized carbons (Fsp3) is 0.143. The molecule has 0 saturated carbocycles. The number of carbonyl (C=O) groups excluding carboxylic acids is 2. The summed E-state index contributed by atoms with van der Waals surface area (Å²) in [5.74, 6) is 0.136. The average molecular weight is 456 g/mol. The fourth-order valence-corrected chi connectivity index (χ4v) is 4.44. The molecule has 3 N–H and O–H groups in total. The molecule has 2 amide bonds. The Hall–Kier alpha value is -3.24. The normalized spacial score (nSPS) is 10.9. The number of imidazole rings is 1. The molecule has 158 valence electrons. The molecule has 0 unspecified atom stereocenters. The summed E-state index contributed by atoms with van der Waals surface area (Å²) in [4.78, 5) is 36.2. The topological polar surface area (TPSA) is 99.8 Å². The molecule has 2 aromatic carbocycles. The van der Waals surface area contributed by atoms with Crippen LogP contribution in [0.1, 0.15) is 11.5 Å². The van der Waals surface area contributed by atoms with Crippen molar-refractivity contribution in [1.29, 1.82) is 0 Å². The summed E-state index contributed by atoms with van der Waals surface area (Å²) in [7, 11) is 0. The summed E-state index contributed by atoms with van der Waals surface area (Å²) in [6.07, 6.45) is 0.152. The highest BCUT2D eigenvalue weighted by Crippen LogP contribution is 2.23. The number of nitrogens with zero attached hydrogens (tertiary/aromatic N) is 2. The fourth-order valence-electron chi connectivity index (χ4n) is 2.79. The lowest BCUT2D eigenvalue weighted by atomic mass is 10.3. The summed E-state index contributed by atoms with van der Waals surface area (Å²) in [5, 5.41) is 7.34. The van der Waals surface area contributed by atoms with Crippen molar-refractivity contribution in [3.05, 3.63) is 71.2 Å². The average Bonchev–Trinajstić information content (AvgIpc) is 3.39. The number of thiazole rings is 1. The Kier molecular flexibility index (Phi) is 6.58. The predicted molar refractivity (Wildman–Crippen MR) is 120 cm³/mol. The van der Waals surface area contributed by atoms with Gasteiger partial charge in [-0.05, 0) is 36.4 Å². The van der Waals surface area contributed by atoms with Gasteiger partial charge in [0, 0.05) is 11.1 Å². The number of H-pyrrole nitrogens is 1. The predicted octanol–water partition coefficient (Wildman–Crippen LogP) is 3.75. The minimum absolute atomic E-state index is 0.152. The standard InChI is InChI=1S/C21H18FN5O2S2/c22-13-5-7-14(8-6-13)24-20(29)12-31-21-25-15(11-30-21)9-19(28)23-10-18-26-16-3-1-2-4-17(16)27-18/h1-8,11H,9-10,12H2,(H,23,28)(H,24,29)(H,26,27). The van der Waals surface area contributed by atoms with E-state index < -0.39 is 0 Å². The summed E-state index contributed by atoms with van der Waals surface area (Å²) in [6.45, 7) is 0.308.